The van der Waals surface area contributed by atoms with Crippen molar-refractivity contribution in [1.29, 1.82) is 0 Å². The number of amides is 1. The van der Waals surface area contributed by atoms with Crippen molar-refractivity contribution in [2.75, 3.05) is 57.4 Å². The van der Waals surface area contributed by atoms with Crippen LogP contribution >= 0.6 is 11.3 Å². The number of nitrogens with zero attached hydrogens (tertiary/aromatic N) is 7. The number of imidazole rings is 1. The molecule has 2 aliphatic heterocycles. The van der Waals surface area contributed by atoms with E-state index < -0.39 is 5.54 Å². The Labute approximate surface area is 226 Å². The molecule has 11 heteroatoms. The summed E-state index contributed by atoms with van der Waals surface area (Å²) in [5.74, 6) is 1.41. The minimum absolute atomic E-state index is 0.275. The maximum Gasteiger partial charge on any atom is 0.237 e. The van der Waals surface area contributed by atoms with Crippen molar-refractivity contribution < 1.29 is 9.53 Å². The molecule has 0 saturated carbocycles. The third-order valence-electron chi connectivity index (χ3n) is 7.95. The summed E-state index contributed by atoms with van der Waals surface area (Å²) >= 11 is 1.80. The van der Waals surface area contributed by atoms with Crippen molar-refractivity contribution in [3.05, 3.63) is 41.0 Å². The number of nitrogens with two attached hydrogens (primary N) is 1. The Morgan fingerprint density at radius 1 is 1.11 bits per heavy atom. The van der Waals surface area contributed by atoms with Gasteiger partial charge in [-0.2, -0.15) is 0 Å². The van der Waals surface area contributed by atoms with E-state index in [0.29, 0.717) is 19.0 Å². The maximum absolute atomic E-state index is 11.9. The number of rotatable bonds is 6. The van der Waals surface area contributed by atoms with E-state index in [0.717, 1.165) is 73.2 Å². The minimum Gasteiger partial charge on any atom is -0.378 e. The number of aryl methyl sites for hydroxylation is 1. The van der Waals surface area contributed by atoms with Crippen molar-refractivity contribution in [3.8, 4) is 11.5 Å². The van der Waals surface area contributed by atoms with Gasteiger partial charge in [0, 0.05) is 63.1 Å². The molecule has 0 unspecified atom stereocenters. The minimum atomic E-state index is -0.628. The number of hydrogen-bond donors (Lipinski definition) is 1. The molecule has 38 heavy (non-hydrogen) atoms. The van der Waals surface area contributed by atoms with Gasteiger partial charge in [0.25, 0.3) is 0 Å². The second-order valence-corrected chi connectivity index (χ2v) is 11.7. The van der Waals surface area contributed by atoms with Crippen LogP contribution in [0.2, 0.25) is 0 Å². The lowest BCUT2D eigenvalue weighted by atomic mass is 10.0. The monoisotopic (exact) mass is 534 g/mol. The average molecular weight is 535 g/mol. The van der Waals surface area contributed by atoms with Gasteiger partial charge in [-0.15, -0.1) is 11.3 Å². The predicted octanol–water partition coefficient (Wildman–Crippen LogP) is 2.53. The first-order valence-corrected chi connectivity index (χ1v) is 14.0. The first-order valence-electron chi connectivity index (χ1n) is 13.2. The number of piperazine rings is 1. The number of carbonyl (C=O) groups is 1. The van der Waals surface area contributed by atoms with Crippen LogP contribution in [0.1, 0.15) is 24.3 Å². The summed E-state index contributed by atoms with van der Waals surface area (Å²) in [5, 5.41) is 0. The highest BCUT2D eigenvalue weighted by molar-refractivity contribution is 7.19. The Balaban J connectivity index is 1.35. The molecule has 4 aromatic rings. The summed E-state index contributed by atoms with van der Waals surface area (Å²) in [7, 11) is 0. The number of fused-ring (bicyclic) bond motifs is 2. The second kappa shape index (κ2) is 9.88. The molecule has 2 aliphatic rings. The molecule has 6 rings (SSSR count). The molecule has 0 aliphatic carbocycles. The molecule has 0 radical (unpaired) electrons. The van der Waals surface area contributed by atoms with E-state index in [1.165, 1.54) is 10.4 Å². The molecule has 0 aromatic carbocycles. The number of pyridine rings is 1. The van der Waals surface area contributed by atoms with Gasteiger partial charge in [-0.1, -0.05) is 6.07 Å². The highest BCUT2D eigenvalue weighted by Gasteiger charge is 2.35. The lowest BCUT2D eigenvalue weighted by Crippen LogP contribution is -2.59. The number of primary amides is 1. The van der Waals surface area contributed by atoms with Gasteiger partial charge in [0.15, 0.2) is 11.6 Å². The lowest BCUT2D eigenvalue weighted by molar-refractivity contribution is -0.129. The third-order valence-corrected chi connectivity index (χ3v) is 9.21. The Kier molecular flexibility index (Phi) is 6.55. The molecule has 4 aromatic heterocycles. The second-order valence-electron chi connectivity index (χ2n) is 10.6. The van der Waals surface area contributed by atoms with Crippen LogP contribution < -0.4 is 10.6 Å². The van der Waals surface area contributed by atoms with Crippen LogP contribution in [0.15, 0.2) is 30.6 Å². The van der Waals surface area contributed by atoms with Crippen molar-refractivity contribution in [2.45, 2.75) is 32.9 Å². The van der Waals surface area contributed by atoms with Crippen LogP contribution in [0.4, 0.5) is 5.82 Å². The van der Waals surface area contributed by atoms with E-state index in [1.54, 1.807) is 17.5 Å². The van der Waals surface area contributed by atoms with Crippen LogP contribution in [0.5, 0.6) is 0 Å². The zero-order chi connectivity index (χ0) is 26.4. The van der Waals surface area contributed by atoms with Gasteiger partial charge in [-0.05, 0) is 38.5 Å². The van der Waals surface area contributed by atoms with Crippen molar-refractivity contribution >= 4 is 38.9 Å². The lowest BCUT2D eigenvalue weighted by Gasteiger charge is -2.42. The van der Waals surface area contributed by atoms with Crippen LogP contribution in [0, 0.1) is 6.92 Å². The van der Waals surface area contributed by atoms with Gasteiger partial charge in [0.2, 0.25) is 5.91 Å². The van der Waals surface area contributed by atoms with Crippen LogP contribution in [0.3, 0.4) is 0 Å². The number of morpholine rings is 1. The Morgan fingerprint density at radius 3 is 2.61 bits per heavy atom. The van der Waals surface area contributed by atoms with Crippen molar-refractivity contribution in [2.24, 2.45) is 5.73 Å². The Hall–Kier alpha value is -3.12. The molecule has 200 valence electrons. The molecule has 2 N–H and O–H groups in total. The normalized spacial score (nSPS) is 18.0. The SMILES string of the molecule is Cc1c(CN2CCN(C(C)(C)C(N)=O)CC2)sc2c(N3CCOCC3)nc(-c3cccc4nccn34)nc12. The zero-order valence-electron chi connectivity index (χ0n) is 22.2. The molecule has 2 saturated heterocycles. The summed E-state index contributed by atoms with van der Waals surface area (Å²) < 4.78 is 8.81. The quantitative estimate of drug-likeness (QED) is 0.402. The van der Waals surface area contributed by atoms with E-state index in [1.807, 2.05) is 36.6 Å². The summed E-state index contributed by atoms with van der Waals surface area (Å²) in [5.41, 5.74) is 9.05. The fraction of sp³-hybridized carbons (Fsp3) is 0.481. The van der Waals surface area contributed by atoms with Crippen LogP contribution in [-0.2, 0) is 16.1 Å². The molecule has 0 atom stereocenters. The van der Waals surface area contributed by atoms with Crippen LogP contribution in [-0.4, -0.2) is 93.1 Å². The molecule has 0 bridgehead atoms. The summed E-state index contributed by atoms with van der Waals surface area (Å²) in [4.78, 5) is 34.9. The summed E-state index contributed by atoms with van der Waals surface area (Å²) in [6.07, 6.45) is 3.76. The number of thiophene rings is 1. The van der Waals surface area contributed by atoms with E-state index in [2.05, 4.69) is 32.7 Å². The zero-order valence-corrected chi connectivity index (χ0v) is 23.0. The molecule has 6 heterocycles. The number of carbonyl (C=O) groups excluding carboxylic acids is 1. The van der Waals surface area contributed by atoms with Crippen molar-refractivity contribution in [1.82, 2.24) is 29.2 Å². The Morgan fingerprint density at radius 2 is 1.87 bits per heavy atom. The van der Waals surface area contributed by atoms with Crippen LogP contribution in [0.25, 0.3) is 27.4 Å². The number of hydrogen-bond acceptors (Lipinski definition) is 9. The smallest absolute Gasteiger partial charge is 0.237 e. The topological polar surface area (TPSA) is 105 Å². The molecule has 1 amide bonds. The van der Waals surface area contributed by atoms with Gasteiger partial charge in [0.1, 0.15) is 5.65 Å². The molecule has 10 nitrogen and oxygen atoms in total. The van der Waals surface area contributed by atoms with E-state index >= 15 is 0 Å². The fourth-order valence-electron chi connectivity index (χ4n) is 5.33. The number of anilines is 1. The highest BCUT2D eigenvalue weighted by atomic mass is 32.1. The van der Waals surface area contributed by atoms with Gasteiger partial charge in [0.05, 0.1) is 34.7 Å². The summed E-state index contributed by atoms with van der Waals surface area (Å²) in [6, 6.07) is 6.04. The first kappa shape index (κ1) is 25.2. The van der Waals surface area contributed by atoms with E-state index in [-0.39, 0.29) is 5.91 Å². The largest absolute Gasteiger partial charge is 0.378 e. The van der Waals surface area contributed by atoms with Gasteiger partial charge < -0.3 is 15.4 Å². The summed E-state index contributed by atoms with van der Waals surface area (Å²) in [6.45, 7) is 13.3. The predicted molar refractivity (Wildman–Crippen MR) is 149 cm³/mol. The molecule has 0 spiro atoms. The molecule has 2 fully saturated rings. The Bertz CT molecular complexity index is 1480. The maximum atomic E-state index is 11.9. The van der Waals surface area contributed by atoms with Gasteiger partial charge in [-0.3, -0.25) is 19.0 Å². The van der Waals surface area contributed by atoms with E-state index in [4.69, 9.17) is 20.4 Å². The van der Waals surface area contributed by atoms with Gasteiger partial charge >= 0.3 is 0 Å². The first-order chi connectivity index (χ1) is 18.3. The number of ether oxygens (including phenoxy) is 1. The highest BCUT2D eigenvalue weighted by Crippen LogP contribution is 2.38. The third kappa shape index (κ3) is 4.43. The van der Waals surface area contributed by atoms with E-state index in [9.17, 15) is 4.79 Å². The number of aromatic nitrogens is 4. The molecular weight excluding hydrogens is 500 g/mol. The fourth-order valence-corrected chi connectivity index (χ4v) is 6.63. The molecular formula is C27H34N8O2S. The van der Waals surface area contributed by atoms with Gasteiger partial charge in [-0.25, -0.2) is 15.0 Å². The average Bonchev–Trinajstić information content (AvgIpc) is 3.53. The standard InChI is InChI=1S/C27H34N8O2S/c1-18-20(17-32-9-11-34(12-10-32)27(2,3)26(28)36)38-23-22(18)30-24(31-25(23)33-13-15-37-16-14-33)19-5-4-6-21-29-7-8-35(19)21/h4-8H,9-17H2,1-3H3,(H2,28,36). The van der Waals surface area contributed by atoms with Crippen molar-refractivity contribution in [3.63, 3.8) is 0 Å².